The van der Waals surface area contributed by atoms with Crippen LogP contribution in [-0.4, -0.2) is 39.2 Å². The number of quaternary nitrogens is 1. The molecule has 0 bridgehead atoms. The van der Waals surface area contributed by atoms with Crippen molar-refractivity contribution in [1.29, 1.82) is 0 Å². The Bertz CT molecular complexity index is 525. The van der Waals surface area contributed by atoms with Crippen LogP contribution < -0.4 is 4.90 Å². The van der Waals surface area contributed by atoms with Crippen molar-refractivity contribution in [3.63, 3.8) is 0 Å². The van der Waals surface area contributed by atoms with E-state index in [4.69, 9.17) is 0 Å². The van der Waals surface area contributed by atoms with Gasteiger partial charge in [0.2, 0.25) is 10.4 Å². The van der Waals surface area contributed by atoms with Crippen LogP contribution in [0.4, 0.5) is 0 Å². The minimum Gasteiger partial charge on any atom is -0.726 e. The van der Waals surface area contributed by atoms with Crippen LogP contribution in [0.5, 0.6) is 0 Å². The molecule has 0 aliphatic carbocycles. The van der Waals surface area contributed by atoms with E-state index >= 15 is 0 Å². The van der Waals surface area contributed by atoms with Crippen molar-refractivity contribution < 1.29 is 22.1 Å². The van der Waals surface area contributed by atoms with Gasteiger partial charge in [0.05, 0.1) is 26.2 Å². The van der Waals surface area contributed by atoms with Crippen LogP contribution in [0.1, 0.15) is 124 Å². The fourth-order valence-corrected chi connectivity index (χ4v) is 4.35. The van der Waals surface area contributed by atoms with Crippen molar-refractivity contribution in [3.05, 3.63) is 25.3 Å². The van der Waals surface area contributed by atoms with Crippen LogP contribution in [0.25, 0.3) is 0 Å². The summed E-state index contributed by atoms with van der Waals surface area (Å²) in [6.45, 7) is 17.1. The average molecular weight is 504 g/mol. The summed E-state index contributed by atoms with van der Waals surface area (Å²) in [5, 5.41) is 0. The molecule has 0 amide bonds. The van der Waals surface area contributed by atoms with E-state index in [1.807, 2.05) is 12.2 Å². The van der Waals surface area contributed by atoms with E-state index in [1.54, 1.807) is 4.90 Å². The molecule has 204 valence electrons. The minimum atomic E-state index is -4.42. The molecule has 0 aromatic heterocycles. The van der Waals surface area contributed by atoms with Gasteiger partial charge in [-0.2, -0.15) is 0 Å². The Kier molecular flexibility index (Phi) is 28.1. The predicted octanol–water partition coefficient (Wildman–Crippen LogP) is 6.62. The fourth-order valence-electron chi connectivity index (χ4n) is 4.07. The Morgan fingerprint density at radius 3 is 1.35 bits per heavy atom. The molecule has 0 radical (unpaired) electrons. The first-order valence-electron chi connectivity index (χ1n) is 13.9. The molecule has 0 fully saturated rings. The summed E-state index contributed by atoms with van der Waals surface area (Å²) in [4.78, 5) is 1.61. The summed E-state index contributed by atoms with van der Waals surface area (Å²) in [6.07, 6.45) is 27.2. The second kappa shape index (κ2) is 26.9. The number of nitrogens with one attached hydrogen (secondary N) is 1. The predicted molar refractivity (Wildman–Crippen MR) is 146 cm³/mol. The Labute approximate surface area is 213 Å². The highest BCUT2D eigenvalue weighted by Gasteiger charge is 2.03. The SMILES string of the molecule is C=CC[NH+](CC=C)CCCCCCCCCCCCCCCCCC(C)C.CCOS(=O)(=O)[O-]. The molecule has 0 heterocycles. The molecule has 0 saturated heterocycles. The van der Waals surface area contributed by atoms with Crippen LogP contribution in [0.15, 0.2) is 25.3 Å². The average Bonchev–Trinajstić information content (AvgIpc) is 2.75. The Balaban J connectivity index is 0. The van der Waals surface area contributed by atoms with Crippen molar-refractivity contribution in [1.82, 2.24) is 0 Å². The van der Waals surface area contributed by atoms with Gasteiger partial charge >= 0.3 is 0 Å². The second-order valence-corrected chi connectivity index (χ2v) is 10.8. The molecule has 34 heavy (non-hydrogen) atoms. The minimum absolute atomic E-state index is 0.0914. The van der Waals surface area contributed by atoms with E-state index in [1.165, 1.54) is 116 Å². The van der Waals surface area contributed by atoms with Crippen molar-refractivity contribution >= 4 is 10.4 Å². The first kappa shape index (κ1) is 35.5. The van der Waals surface area contributed by atoms with Crippen LogP contribution in [0.3, 0.4) is 0 Å². The summed E-state index contributed by atoms with van der Waals surface area (Å²) in [5.41, 5.74) is 0. The zero-order valence-electron chi connectivity index (χ0n) is 22.8. The first-order chi connectivity index (χ1) is 16.3. The molecule has 6 heteroatoms. The molecule has 0 saturated carbocycles. The molecule has 0 aromatic rings. The molecule has 0 unspecified atom stereocenters. The van der Waals surface area contributed by atoms with Crippen LogP contribution >= 0.6 is 0 Å². The van der Waals surface area contributed by atoms with E-state index in [0.29, 0.717) is 0 Å². The standard InChI is InChI=1S/C26H51N.C2H6O4S/c1-5-23-27(24-6-2)25-21-19-17-15-13-11-9-7-8-10-12-14-16-18-20-22-26(3)4;1-2-6-7(3,4)5/h5-6,26H,1-2,7-25H2,3-4H3;2H2,1H3,(H,3,4,5). The van der Waals surface area contributed by atoms with E-state index < -0.39 is 10.4 Å². The van der Waals surface area contributed by atoms with Gasteiger partial charge in [0.1, 0.15) is 0 Å². The van der Waals surface area contributed by atoms with Gasteiger partial charge in [0, 0.05) is 0 Å². The lowest BCUT2D eigenvalue weighted by atomic mass is 10.0. The maximum atomic E-state index is 9.45. The normalized spacial score (nSPS) is 11.5. The van der Waals surface area contributed by atoms with Crippen LogP contribution in [0.2, 0.25) is 0 Å². The highest BCUT2D eigenvalue weighted by molar-refractivity contribution is 7.80. The van der Waals surface area contributed by atoms with Gasteiger partial charge in [-0.15, -0.1) is 0 Å². The summed E-state index contributed by atoms with van der Waals surface area (Å²) in [7, 11) is -4.42. The summed E-state index contributed by atoms with van der Waals surface area (Å²) in [6, 6.07) is 0. The molecule has 0 atom stereocenters. The second-order valence-electron chi connectivity index (χ2n) is 9.79. The molecule has 5 nitrogen and oxygen atoms in total. The van der Waals surface area contributed by atoms with E-state index in [2.05, 4.69) is 31.2 Å². The van der Waals surface area contributed by atoms with Gasteiger partial charge in [0.15, 0.2) is 0 Å². The van der Waals surface area contributed by atoms with Gasteiger partial charge in [-0.05, 0) is 37.8 Å². The third kappa shape index (κ3) is 33.5. The molecule has 0 aliphatic rings. The lowest BCUT2D eigenvalue weighted by Gasteiger charge is -2.15. The van der Waals surface area contributed by atoms with Crippen molar-refractivity contribution in [3.8, 4) is 0 Å². The largest absolute Gasteiger partial charge is 0.726 e. The molecular formula is C28H57NO4S. The topological polar surface area (TPSA) is 70.9 Å². The monoisotopic (exact) mass is 503 g/mol. The van der Waals surface area contributed by atoms with Crippen molar-refractivity contribution in [2.45, 2.75) is 124 Å². The van der Waals surface area contributed by atoms with Gasteiger partial charge in [-0.1, -0.05) is 117 Å². The van der Waals surface area contributed by atoms with E-state index in [9.17, 15) is 13.0 Å². The Morgan fingerprint density at radius 2 is 1.09 bits per heavy atom. The maximum Gasteiger partial charge on any atom is 0.217 e. The molecule has 1 N–H and O–H groups in total. The van der Waals surface area contributed by atoms with Gasteiger partial charge in [0.25, 0.3) is 0 Å². The highest BCUT2D eigenvalue weighted by Crippen LogP contribution is 2.14. The molecule has 0 aromatic carbocycles. The smallest absolute Gasteiger partial charge is 0.217 e. The molecule has 0 spiro atoms. The van der Waals surface area contributed by atoms with Gasteiger partial charge in [-0.3, -0.25) is 4.18 Å². The van der Waals surface area contributed by atoms with E-state index in [-0.39, 0.29) is 6.61 Å². The highest BCUT2D eigenvalue weighted by atomic mass is 32.3. The maximum absolute atomic E-state index is 9.45. The van der Waals surface area contributed by atoms with Crippen LogP contribution in [-0.2, 0) is 14.6 Å². The summed E-state index contributed by atoms with van der Waals surface area (Å²) in [5.74, 6) is 0.890. The molecule has 0 aliphatic heterocycles. The summed E-state index contributed by atoms with van der Waals surface area (Å²) < 4.78 is 32.0. The zero-order chi connectivity index (χ0) is 25.9. The van der Waals surface area contributed by atoms with Crippen molar-refractivity contribution in [2.24, 2.45) is 5.92 Å². The van der Waals surface area contributed by atoms with Crippen LogP contribution in [0, 0.1) is 5.92 Å². The number of hydrogen-bond donors (Lipinski definition) is 1. The third-order valence-electron chi connectivity index (χ3n) is 5.94. The van der Waals surface area contributed by atoms with Crippen molar-refractivity contribution in [2.75, 3.05) is 26.2 Å². The lowest BCUT2D eigenvalue weighted by Crippen LogP contribution is -3.11. The van der Waals surface area contributed by atoms with E-state index in [0.717, 1.165) is 19.0 Å². The van der Waals surface area contributed by atoms with Gasteiger partial charge < -0.3 is 9.45 Å². The number of rotatable bonds is 24. The first-order valence-corrected chi connectivity index (χ1v) is 15.3. The quantitative estimate of drug-likeness (QED) is 0.0695. The molecule has 0 rings (SSSR count). The Morgan fingerprint density at radius 1 is 0.735 bits per heavy atom. The Hall–Kier alpha value is -0.690. The molecular weight excluding hydrogens is 446 g/mol. The zero-order valence-corrected chi connectivity index (χ0v) is 23.6. The summed E-state index contributed by atoms with van der Waals surface area (Å²) >= 11 is 0. The third-order valence-corrected chi connectivity index (χ3v) is 6.46. The number of unbranched alkanes of at least 4 members (excludes halogenated alkanes) is 14. The number of hydrogen-bond acceptors (Lipinski definition) is 4. The fraction of sp³-hybridized carbons (Fsp3) is 0.857. The van der Waals surface area contributed by atoms with Gasteiger partial charge in [-0.25, -0.2) is 8.42 Å². The lowest BCUT2D eigenvalue weighted by molar-refractivity contribution is -0.888.